The van der Waals surface area contributed by atoms with Gasteiger partial charge in [0.15, 0.2) is 5.17 Å². The van der Waals surface area contributed by atoms with Crippen LogP contribution in [0.3, 0.4) is 0 Å². The van der Waals surface area contributed by atoms with Crippen LogP contribution < -0.4 is 5.32 Å². The van der Waals surface area contributed by atoms with E-state index < -0.39 is 0 Å². The van der Waals surface area contributed by atoms with Gasteiger partial charge in [-0.25, -0.2) is 0 Å². The SMILES string of the molecule is CC(C)C1CSC(=NCC2CCN(C)C2)N1. The van der Waals surface area contributed by atoms with Gasteiger partial charge in [0.2, 0.25) is 0 Å². The molecular weight excluding hydrogens is 218 g/mol. The van der Waals surface area contributed by atoms with Crippen LogP contribution in [-0.4, -0.2) is 48.5 Å². The topological polar surface area (TPSA) is 27.6 Å². The second kappa shape index (κ2) is 5.41. The fourth-order valence-corrected chi connectivity index (χ4v) is 3.45. The van der Waals surface area contributed by atoms with Gasteiger partial charge in [0.25, 0.3) is 0 Å². The summed E-state index contributed by atoms with van der Waals surface area (Å²) in [5.41, 5.74) is 0. The zero-order chi connectivity index (χ0) is 11.5. The second-order valence-electron chi connectivity index (χ2n) is 5.37. The zero-order valence-corrected chi connectivity index (χ0v) is 11.4. The Balaban J connectivity index is 1.76. The molecule has 0 amide bonds. The van der Waals surface area contributed by atoms with E-state index in [0.29, 0.717) is 12.0 Å². The predicted octanol–water partition coefficient (Wildman–Crippen LogP) is 1.66. The zero-order valence-electron chi connectivity index (χ0n) is 10.6. The van der Waals surface area contributed by atoms with Crippen LogP contribution >= 0.6 is 11.8 Å². The van der Waals surface area contributed by atoms with Crippen LogP contribution in [0.15, 0.2) is 4.99 Å². The highest BCUT2D eigenvalue weighted by Gasteiger charge is 2.24. The fraction of sp³-hybridized carbons (Fsp3) is 0.917. The molecule has 2 fully saturated rings. The molecule has 4 heteroatoms. The molecule has 2 heterocycles. The highest BCUT2D eigenvalue weighted by Crippen LogP contribution is 2.20. The Kier molecular flexibility index (Phi) is 4.14. The molecule has 0 aliphatic carbocycles. The van der Waals surface area contributed by atoms with Gasteiger partial charge in [0, 0.05) is 24.9 Å². The van der Waals surface area contributed by atoms with Crippen molar-refractivity contribution < 1.29 is 0 Å². The first-order valence-electron chi connectivity index (χ1n) is 6.27. The van der Waals surface area contributed by atoms with Gasteiger partial charge in [-0.3, -0.25) is 4.99 Å². The van der Waals surface area contributed by atoms with Crippen molar-refractivity contribution in [2.45, 2.75) is 26.3 Å². The van der Waals surface area contributed by atoms with Crippen molar-refractivity contribution in [3.05, 3.63) is 0 Å². The van der Waals surface area contributed by atoms with Crippen LogP contribution in [-0.2, 0) is 0 Å². The average Bonchev–Trinajstić information content (AvgIpc) is 2.83. The molecule has 0 aromatic rings. The third-order valence-electron chi connectivity index (χ3n) is 3.50. The number of hydrogen-bond acceptors (Lipinski definition) is 3. The van der Waals surface area contributed by atoms with E-state index in [1.165, 1.54) is 30.4 Å². The molecule has 2 rings (SSSR count). The van der Waals surface area contributed by atoms with Gasteiger partial charge in [-0.05, 0) is 31.8 Å². The quantitative estimate of drug-likeness (QED) is 0.814. The van der Waals surface area contributed by atoms with Crippen molar-refractivity contribution in [3.8, 4) is 0 Å². The Labute approximate surface area is 103 Å². The Morgan fingerprint density at radius 1 is 1.56 bits per heavy atom. The summed E-state index contributed by atoms with van der Waals surface area (Å²) in [6.07, 6.45) is 1.31. The van der Waals surface area contributed by atoms with Crippen molar-refractivity contribution >= 4 is 16.9 Å². The molecule has 0 aromatic heterocycles. The van der Waals surface area contributed by atoms with Gasteiger partial charge < -0.3 is 10.2 Å². The minimum Gasteiger partial charge on any atom is -0.361 e. The van der Waals surface area contributed by atoms with E-state index in [-0.39, 0.29) is 0 Å². The molecule has 2 unspecified atom stereocenters. The largest absolute Gasteiger partial charge is 0.361 e. The van der Waals surface area contributed by atoms with Crippen LogP contribution in [0.4, 0.5) is 0 Å². The highest BCUT2D eigenvalue weighted by molar-refractivity contribution is 8.14. The number of nitrogens with one attached hydrogen (secondary N) is 1. The van der Waals surface area contributed by atoms with Gasteiger partial charge in [-0.1, -0.05) is 25.6 Å². The summed E-state index contributed by atoms with van der Waals surface area (Å²) < 4.78 is 0. The molecule has 2 saturated heterocycles. The van der Waals surface area contributed by atoms with Gasteiger partial charge >= 0.3 is 0 Å². The van der Waals surface area contributed by atoms with Crippen LogP contribution in [0.1, 0.15) is 20.3 Å². The minimum atomic E-state index is 0.620. The van der Waals surface area contributed by atoms with E-state index in [1.54, 1.807) is 0 Å². The monoisotopic (exact) mass is 241 g/mol. The summed E-state index contributed by atoms with van der Waals surface area (Å²) in [6.45, 7) is 8.00. The van der Waals surface area contributed by atoms with Gasteiger partial charge in [0.1, 0.15) is 0 Å². The lowest BCUT2D eigenvalue weighted by Crippen LogP contribution is -2.31. The molecule has 0 radical (unpaired) electrons. The number of amidine groups is 1. The molecule has 0 spiro atoms. The van der Waals surface area contributed by atoms with Crippen LogP contribution in [0, 0.1) is 11.8 Å². The molecule has 16 heavy (non-hydrogen) atoms. The number of likely N-dealkylation sites (tertiary alicyclic amines) is 1. The number of thioether (sulfide) groups is 1. The second-order valence-corrected chi connectivity index (χ2v) is 6.38. The van der Waals surface area contributed by atoms with Crippen molar-refractivity contribution in [3.63, 3.8) is 0 Å². The lowest BCUT2D eigenvalue weighted by molar-refractivity contribution is 0.397. The van der Waals surface area contributed by atoms with E-state index in [4.69, 9.17) is 4.99 Å². The first-order chi connectivity index (χ1) is 7.65. The van der Waals surface area contributed by atoms with E-state index in [2.05, 4.69) is 31.1 Å². The molecule has 2 aliphatic rings. The van der Waals surface area contributed by atoms with Gasteiger partial charge in [-0.2, -0.15) is 0 Å². The fourth-order valence-electron chi connectivity index (χ4n) is 2.25. The number of aliphatic imine (C=N–C) groups is 1. The summed E-state index contributed by atoms with van der Waals surface area (Å²) in [6, 6.07) is 0.620. The van der Waals surface area contributed by atoms with Crippen LogP contribution in [0.2, 0.25) is 0 Å². The maximum Gasteiger partial charge on any atom is 0.156 e. The molecule has 0 aromatic carbocycles. The van der Waals surface area contributed by atoms with E-state index in [0.717, 1.165) is 12.5 Å². The van der Waals surface area contributed by atoms with Gasteiger partial charge in [-0.15, -0.1) is 0 Å². The first-order valence-corrected chi connectivity index (χ1v) is 7.26. The molecule has 92 valence electrons. The summed E-state index contributed by atoms with van der Waals surface area (Å²) in [4.78, 5) is 7.11. The van der Waals surface area contributed by atoms with Crippen molar-refractivity contribution in [1.82, 2.24) is 10.2 Å². The predicted molar refractivity (Wildman–Crippen MR) is 72.1 cm³/mol. The summed E-state index contributed by atoms with van der Waals surface area (Å²) in [5.74, 6) is 2.66. The van der Waals surface area contributed by atoms with E-state index in [1.807, 2.05) is 11.8 Å². The van der Waals surface area contributed by atoms with Crippen LogP contribution in [0.25, 0.3) is 0 Å². The Bertz CT molecular complexity index is 265. The average molecular weight is 241 g/mol. The Morgan fingerprint density at radius 3 is 2.94 bits per heavy atom. The Morgan fingerprint density at radius 2 is 2.38 bits per heavy atom. The number of rotatable bonds is 3. The molecule has 0 saturated carbocycles. The number of hydrogen-bond donors (Lipinski definition) is 1. The maximum atomic E-state index is 4.71. The standard InChI is InChI=1S/C12H23N3S/c1-9(2)11-8-16-12(14-11)13-6-10-4-5-15(3)7-10/h9-11H,4-8H2,1-3H3,(H,13,14). The van der Waals surface area contributed by atoms with Crippen molar-refractivity contribution in [2.75, 3.05) is 32.4 Å². The third kappa shape index (κ3) is 3.14. The molecule has 3 nitrogen and oxygen atoms in total. The smallest absolute Gasteiger partial charge is 0.156 e. The summed E-state index contributed by atoms with van der Waals surface area (Å²) in [7, 11) is 2.20. The lowest BCUT2D eigenvalue weighted by atomic mass is 10.1. The third-order valence-corrected chi connectivity index (χ3v) is 4.54. The van der Waals surface area contributed by atoms with Crippen LogP contribution in [0.5, 0.6) is 0 Å². The number of nitrogens with zero attached hydrogens (tertiary/aromatic N) is 2. The lowest BCUT2D eigenvalue weighted by Gasteiger charge is -2.13. The first kappa shape index (κ1) is 12.2. The molecule has 1 N–H and O–H groups in total. The molecule has 0 bridgehead atoms. The van der Waals surface area contributed by atoms with E-state index in [9.17, 15) is 0 Å². The van der Waals surface area contributed by atoms with Crippen molar-refractivity contribution in [1.29, 1.82) is 0 Å². The molecule has 2 aliphatic heterocycles. The summed E-state index contributed by atoms with van der Waals surface area (Å²) >= 11 is 1.89. The van der Waals surface area contributed by atoms with E-state index >= 15 is 0 Å². The minimum absolute atomic E-state index is 0.620. The Hall–Kier alpha value is -0.220. The maximum absolute atomic E-state index is 4.71. The highest BCUT2D eigenvalue weighted by atomic mass is 32.2. The molecular formula is C12H23N3S. The van der Waals surface area contributed by atoms with Gasteiger partial charge in [0.05, 0.1) is 0 Å². The molecule has 2 atom stereocenters. The van der Waals surface area contributed by atoms with Crippen molar-refractivity contribution in [2.24, 2.45) is 16.8 Å². The summed E-state index contributed by atoms with van der Waals surface area (Å²) in [5, 5.41) is 4.70. The normalized spacial score (nSPS) is 33.9.